The SMILES string of the molecule is C[C@H](N=Cc1ccccc1[O-])[C@@H](C)N=Cc1ccccc1[O-].[O-2].[V+4]. The first kappa shape index (κ1) is 21.9. The van der Waals surface area contributed by atoms with E-state index >= 15 is 0 Å². The standard InChI is InChI=1S/C18H20N2O2.O.V/c1-13(19-11-15-7-3-5-9-17(15)21)14(2)20-12-16-8-4-6-10-18(16)22;;/h3-14,21-22H,1-2H3;;/q;-2;+4/p-2/t13-,14+;;. The Labute approximate surface area is 154 Å². The van der Waals surface area contributed by atoms with Crippen molar-refractivity contribution in [1.82, 2.24) is 0 Å². The number of rotatable bonds is 5. The van der Waals surface area contributed by atoms with Gasteiger partial charge < -0.3 is 15.7 Å². The molecular weight excluding hydrogens is 343 g/mol. The zero-order valence-corrected chi connectivity index (χ0v) is 14.9. The molecule has 0 N–H and O–H groups in total. The molecule has 0 saturated heterocycles. The van der Waals surface area contributed by atoms with Gasteiger partial charge in [-0.2, -0.15) is 0 Å². The van der Waals surface area contributed by atoms with Gasteiger partial charge in [-0.05, 0) is 25.0 Å². The van der Waals surface area contributed by atoms with Gasteiger partial charge in [-0.25, -0.2) is 0 Å². The van der Waals surface area contributed by atoms with Crippen molar-refractivity contribution < 1.29 is 34.2 Å². The third-order valence-corrected chi connectivity index (χ3v) is 3.43. The normalized spacial score (nSPS) is 13.2. The smallest absolute Gasteiger partial charge is 2.00 e. The van der Waals surface area contributed by atoms with Crippen molar-refractivity contribution in [2.75, 3.05) is 0 Å². The molecule has 0 bridgehead atoms. The second-order valence-electron chi connectivity index (χ2n) is 5.11. The van der Waals surface area contributed by atoms with Crippen LogP contribution in [-0.4, -0.2) is 24.5 Å². The number of nitrogens with zero attached hydrogens (tertiary/aromatic N) is 2. The van der Waals surface area contributed by atoms with Crippen LogP contribution in [0, 0.1) is 0 Å². The summed E-state index contributed by atoms with van der Waals surface area (Å²) < 4.78 is 0. The van der Waals surface area contributed by atoms with Crippen LogP contribution < -0.4 is 10.2 Å². The zero-order valence-electron chi connectivity index (χ0n) is 13.5. The molecule has 24 heavy (non-hydrogen) atoms. The number of aliphatic imine (C=N–C) groups is 2. The molecule has 0 fully saturated rings. The summed E-state index contributed by atoms with van der Waals surface area (Å²) in [6.45, 7) is 3.85. The van der Waals surface area contributed by atoms with Crippen molar-refractivity contribution >= 4 is 12.4 Å². The molecule has 2 atom stereocenters. The van der Waals surface area contributed by atoms with Crippen LogP contribution in [0.25, 0.3) is 0 Å². The maximum absolute atomic E-state index is 11.6. The summed E-state index contributed by atoms with van der Waals surface area (Å²) in [7, 11) is 0. The van der Waals surface area contributed by atoms with Gasteiger partial charge >= 0.3 is 18.6 Å². The summed E-state index contributed by atoms with van der Waals surface area (Å²) in [6.07, 6.45) is 3.17. The van der Waals surface area contributed by atoms with Crippen molar-refractivity contribution in [3.8, 4) is 11.5 Å². The molecule has 0 amide bonds. The van der Waals surface area contributed by atoms with Crippen LogP contribution in [0.15, 0.2) is 58.5 Å². The minimum absolute atomic E-state index is 0. The number of para-hydroxylation sites is 2. The average molecular weight is 361 g/mol. The number of benzene rings is 2. The third-order valence-electron chi connectivity index (χ3n) is 3.43. The van der Waals surface area contributed by atoms with E-state index in [-0.39, 0.29) is 47.6 Å². The predicted octanol–water partition coefficient (Wildman–Crippen LogP) is 2.03. The van der Waals surface area contributed by atoms with Crippen molar-refractivity contribution in [2.24, 2.45) is 9.98 Å². The molecule has 0 spiro atoms. The van der Waals surface area contributed by atoms with Crippen molar-refractivity contribution in [3.63, 3.8) is 0 Å². The number of hydrogen-bond donors (Lipinski definition) is 0. The molecule has 2 aromatic rings. The van der Waals surface area contributed by atoms with E-state index in [1.54, 1.807) is 48.8 Å². The van der Waals surface area contributed by atoms with E-state index in [0.717, 1.165) is 0 Å². The van der Waals surface area contributed by atoms with Crippen LogP contribution in [0.3, 0.4) is 0 Å². The molecule has 0 aromatic heterocycles. The van der Waals surface area contributed by atoms with E-state index in [0.29, 0.717) is 11.1 Å². The van der Waals surface area contributed by atoms with Gasteiger partial charge in [-0.15, -0.1) is 11.5 Å². The first-order chi connectivity index (χ1) is 10.6. The van der Waals surface area contributed by atoms with Crippen LogP contribution in [0.4, 0.5) is 0 Å². The summed E-state index contributed by atoms with van der Waals surface area (Å²) in [6, 6.07) is 13.3. The van der Waals surface area contributed by atoms with Gasteiger partial charge in [-0.1, -0.05) is 48.5 Å². The fourth-order valence-electron chi connectivity index (χ4n) is 1.82. The van der Waals surface area contributed by atoms with Gasteiger partial charge in [0.05, 0.1) is 12.1 Å². The van der Waals surface area contributed by atoms with Crippen LogP contribution in [-0.2, 0) is 24.0 Å². The van der Waals surface area contributed by atoms with Crippen LogP contribution in [0.1, 0.15) is 25.0 Å². The second kappa shape index (κ2) is 10.7. The molecule has 0 heterocycles. The Morgan fingerprint density at radius 2 is 1.08 bits per heavy atom. The van der Waals surface area contributed by atoms with Gasteiger partial charge in [0.2, 0.25) is 0 Å². The van der Waals surface area contributed by atoms with Gasteiger partial charge in [0.15, 0.2) is 0 Å². The van der Waals surface area contributed by atoms with Gasteiger partial charge in [0.1, 0.15) is 0 Å². The molecule has 0 aliphatic carbocycles. The van der Waals surface area contributed by atoms with E-state index in [4.69, 9.17) is 0 Å². The van der Waals surface area contributed by atoms with Crippen LogP contribution in [0.2, 0.25) is 0 Å². The largest absolute Gasteiger partial charge is 4.00 e. The molecular formula is C18H18N2O3V. The zero-order chi connectivity index (χ0) is 15.9. The van der Waals surface area contributed by atoms with Gasteiger partial charge in [0.25, 0.3) is 0 Å². The fraction of sp³-hybridized carbons (Fsp3) is 0.222. The van der Waals surface area contributed by atoms with E-state index in [1.165, 1.54) is 12.1 Å². The van der Waals surface area contributed by atoms with Crippen molar-refractivity contribution in [2.45, 2.75) is 25.9 Å². The van der Waals surface area contributed by atoms with Crippen molar-refractivity contribution in [3.05, 3.63) is 59.7 Å². The number of hydrogen-bond acceptors (Lipinski definition) is 4. The molecule has 0 aliphatic heterocycles. The minimum Gasteiger partial charge on any atom is -2.00 e. The van der Waals surface area contributed by atoms with E-state index < -0.39 is 0 Å². The monoisotopic (exact) mass is 361 g/mol. The van der Waals surface area contributed by atoms with E-state index in [1.807, 2.05) is 13.8 Å². The molecule has 2 aromatic carbocycles. The quantitative estimate of drug-likeness (QED) is 0.761. The summed E-state index contributed by atoms with van der Waals surface area (Å²) in [5.74, 6) is -0.0928. The van der Waals surface area contributed by atoms with E-state index in [9.17, 15) is 10.2 Å². The first-order valence-electron chi connectivity index (χ1n) is 7.16. The average Bonchev–Trinajstić information content (AvgIpc) is 2.52. The fourth-order valence-corrected chi connectivity index (χ4v) is 1.82. The molecule has 6 heteroatoms. The Kier molecular flexibility index (Phi) is 9.73. The molecule has 2 rings (SSSR count). The van der Waals surface area contributed by atoms with Gasteiger partial charge in [-0.3, -0.25) is 9.98 Å². The summed E-state index contributed by atoms with van der Waals surface area (Å²) >= 11 is 0. The third kappa shape index (κ3) is 6.20. The maximum atomic E-state index is 11.6. The van der Waals surface area contributed by atoms with Gasteiger partial charge in [0, 0.05) is 12.4 Å². The summed E-state index contributed by atoms with van der Waals surface area (Å²) in [5, 5.41) is 23.2. The van der Waals surface area contributed by atoms with E-state index in [2.05, 4.69) is 9.98 Å². The Balaban J connectivity index is 0.00000264. The summed E-state index contributed by atoms with van der Waals surface area (Å²) in [5.41, 5.74) is 1.13. The molecule has 1 radical (unpaired) electrons. The molecule has 0 unspecified atom stereocenters. The second-order valence-corrected chi connectivity index (χ2v) is 5.11. The maximum Gasteiger partial charge on any atom is 4.00 e. The Hall–Kier alpha value is -2.08. The molecule has 0 aliphatic rings. The Morgan fingerprint density at radius 3 is 1.42 bits per heavy atom. The Morgan fingerprint density at radius 1 is 0.750 bits per heavy atom. The molecule has 0 saturated carbocycles. The van der Waals surface area contributed by atoms with Crippen molar-refractivity contribution in [1.29, 1.82) is 0 Å². The molecule has 123 valence electrons. The van der Waals surface area contributed by atoms with Crippen LogP contribution in [0.5, 0.6) is 11.5 Å². The van der Waals surface area contributed by atoms with Crippen LogP contribution >= 0.6 is 0 Å². The predicted molar refractivity (Wildman–Crippen MR) is 86.6 cm³/mol. The minimum atomic E-state index is -0.0883. The Bertz CT molecular complexity index is 630. The molecule has 5 nitrogen and oxygen atoms in total. The topological polar surface area (TPSA) is 99.3 Å². The first-order valence-corrected chi connectivity index (χ1v) is 7.16. The summed E-state index contributed by atoms with van der Waals surface area (Å²) in [4.78, 5) is 8.75.